The fourth-order valence-electron chi connectivity index (χ4n) is 4.91. The van der Waals surface area contributed by atoms with E-state index in [4.69, 9.17) is 4.74 Å². The molecule has 0 saturated carbocycles. The van der Waals surface area contributed by atoms with Crippen LogP contribution >= 0.6 is 0 Å². The molecule has 0 saturated heterocycles. The fraction of sp³-hybridized carbons (Fsp3) is 0.226. The Kier molecular flexibility index (Phi) is 7.07. The van der Waals surface area contributed by atoms with Crippen molar-refractivity contribution >= 4 is 0 Å². The Hall–Kier alpha value is -3.32. The first-order chi connectivity index (χ1) is 15.7. The number of methoxy groups -OCH3 is 1. The number of benzene rings is 4. The number of hydrogen-bond acceptors (Lipinski definition) is 1. The van der Waals surface area contributed by atoms with E-state index < -0.39 is 0 Å². The number of ether oxygens (including phenoxy) is 1. The molecule has 0 amide bonds. The van der Waals surface area contributed by atoms with Gasteiger partial charge in [0.05, 0.1) is 7.11 Å². The van der Waals surface area contributed by atoms with Crippen molar-refractivity contribution < 1.29 is 4.74 Å². The van der Waals surface area contributed by atoms with Crippen LogP contribution in [-0.2, 0) is 25.7 Å². The van der Waals surface area contributed by atoms with Crippen LogP contribution in [-0.4, -0.2) is 7.11 Å². The summed E-state index contributed by atoms with van der Waals surface area (Å²) in [6.07, 6.45) is 3.98. The van der Waals surface area contributed by atoms with E-state index in [1.807, 2.05) is 0 Å². The summed E-state index contributed by atoms with van der Waals surface area (Å²) in [5.74, 6) is 0.981. The molecule has 0 spiro atoms. The summed E-state index contributed by atoms with van der Waals surface area (Å²) >= 11 is 0. The highest BCUT2D eigenvalue weighted by atomic mass is 16.5. The molecule has 4 aromatic carbocycles. The van der Waals surface area contributed by atoms with Crippen LogP contribution in [0.25, 0.3) is 0 Å². The molecule has 0 aliphatic rings. The van der Waals surface area contributed by atoms with E-state index in [-0.39, 0.29) is 5.41 Å². The van der Waals surface area contributed by atoms with E-state index >= 15 is 0 Å². The molecular weight excluding hydrogens is 388 g/mol. The van der Waals surface area contributed by atoms with E-state index in [2.05, 4.69) is 116 Å². The van der Waals surface area contributed by atoms with Gasteiger partial charge in [-0.3, -0.25) is 0 Å². The molecule has 0 bridgehead atoms. The summed E-state index contributed by atoms with van der Waals surface area (Å²) in [6.45, 7) is 2.16. The monoisotopic (exact) mass is 420 g/mol. The van der Waals surface area contributed by atoms with E-state index in [1.165, 1.54) is 27.8 Å². The zero-order valence-electron chi connectivity index (χ0n) is 19.1. The van der Waals surface area contributed by atoms with Gasteiger partial charge in [0.2, 0.25) is 0 Å². The molecule has 0 radical (unpaired) electrons. The molecule has 0 unspecified atom stereocenters. The molecule has 0 aromatic heterocycles. The highest BCUT2D eigenvalue weighted by Gasteiger charge is 2.32. The quantitative estimate of drug-likeness (QED) is 0.277. The van der Waals surface area contributed by atoms with Crippen LogP contribution in [0.5, 0.6) is 5.75 Å². The Morgan fingerprint density at radius 1 is 0.562 bits per heavy atom. The lowest BCUT2D eigenvalue weighted by molar-refractivity contribution is 0.271. The maximum atomic E-state index is 5.80. The average Bonchev–Trinajstić information content (AvgIpc) is 2.81. The van der Waals surface area contributed by atoms with Gasteiger partial charge in [-0.1, -0.05) is 109 Å². The highest BCUT2D eigenvalue weighted by molar-refractivity contribution is 5.39. The lowest BCUT2D eigenvalue weighted by atomic mass is 9.68. The average molecular weight is 421 g/mol. The lowest BCUT2D eigenvalue weighted by Crippen LogP contribution is -2.32. The molecule has 0 fully saturated rings. The summed E-state index contributed by atoms with van der Waals surface area (Å²) in [4.78, 5) is 0. The van der Waals surface area contributed by atoms with Gasteiger partial charge in [-0.05, 0) is 66.3 Å². The molecule has 1 nitrogen and oxygen atoms in total. The smallest absolute Gasteiger partial charge is 0.122 e. The molecule has 0 aliphatic heterocycles. The normalized spacial score (nSPS) is 11.3. The molecule has 1 heteroatoms. The van der Waals surface area contributed by atoms with Crippen molar-refractivity contribution in [2.24, 2.45) is 5.41 Å². The van der Waals surface area contributed by atoms with Crippen molar-refractivity contribution in [2.45, 2.75) is 32.6 Å². The molecule has 32 heavy (non-hydrogen) atoms. The number of hydrogen-bond donors (Lipinski definition) is 0. The summed E-state index contributed by atoms with van der Waals surface area (Å²) in [5.41, 5.74) is 6.72. The molecule has 0 atom stereocenters. The Morgan fingerprint density at radius 2 is 1.00 bits per heavy atom. The third-order valence-corrected chi connectivity index (χ3v) is 6.27. The van der Waals surface area contributed by atoms with Crippen LogP contribution in [0.1, 0.15) is 27.8 Å². The number of rotatable bonds is 9. The van der Waals surface area contributed by atoms with E-state index in [1.54, 1.807) is 7.11 Å². The van der Waals surface area contributed by atoms with Crippen LogP contribution in [0, 0.1) is 12.3 Å². The van der Waals surface area contributed by atoms with Crippen LogP contribution in [0.4, 0.5) is 0 Å². The minimum Gasteiger partial charge on any atom is -0.496 e. The topological polar surface area (TPSA) is 9.23 Å². The Balaban J connectivity index is 1.81. The molecule has 4 aromatic rings. The molecular formula is C31H32O. The van der Waals surface area contributed by atoms with Gasteiger partial charge in [-0.15, -0.1) is 0 Å². The predicted molar refractivity (Wildman–Crippen MR) is 134 cm³/mol. The standard InChI is InChI=1S/C31H32O/c1-25-18-19-30(32-2)29(20-25)24-31(21-26-12-6-3-7-13-26,22-27-14-8-4-9-15-27)23-28-16-10-5-11-17-28/h3-20H,21-24H2,1-2H3. The summed E-state index contributed by atoms with van der Waals surface area (Å²) in [6, 6.07) is 39.3. The second kappa shape index (κ2) is 10.3. The van der Waals surface area contributed by atoms with Crippen LogP contribution in [0.3, 0.4) is 0 Å². The first-order valence-corrected chi connectivity index (χ1v) is 11.4. The molecule has 0 heterocycles. The third kappa shape index (κ3) is 5.68. The van der Waals surface area contributed by atoms with E-state index in [0.29, 0.717) is 0 Å². The highest BCUT2D eigenvalue weighted by Crippen LogP contribution is 2.38. The van der Waals surface area contributed by atoms with E-state index in [9.17, 15) is 0 Å². The SMILES string of the molecule is COc1ccc(C)cc1CC(Cc1ccccc1)(Cc1ccccc1)Cc1ccccc1. The van der Waals surface area contributed by atoms with Gasteiger partial charge >= 0.3 is 0 Å². The third-order valence-electron chi connectivity index (χ3n) is 6.27. The predicted octanol–water partition coefficient (Wildman–Crippen LogP) is 7.26. The van der Waals surface area contributed by atoms with Crippen molar-refractivity contribution in [3.63, 3.8) is 0 Å². The minimum absolute atomic E-state index is 0.0190. The summed E-state index contributed by atoms with van der Waals surface area (Å²) in [5, 5.41) is 0. The second-order valence-electron chi connectivity index (χ2n) is 8.98. The zero-order valence-corrected chi connectivity index (χ0v) is 19.1. The van der Waals surface area contributed by atoms with Crippen molar-refractivity contribution in [3.05, 3.63) is 137 Å². The van der Waals surface area contributed by atoms with Crippen molar-refractivity contribution in [1.29, 1.82) is 0 Å². The zero-order chi connectivity index (χ0) is 22.2. The Morgan fingerprint density at radius 3 is 1.41 bits per heavy atom. The fourth-order valence-corrected chi connectivity index (χ4v) is 4.91. The number of aryl methyl sites for hydroxylation is 1. The lowest BCUT2D eigenvalue weighted by Gasteiger charge is -2.36. The van der Waals surface area contributed by atoms with Crippen LogP contribution in [0.2, 0.25) is 0 Å². The summed E-state index contributed by atoms with van der Waals surface area (Å²) < 4.78 is 5.80. The maximum Gasteiger partial charge on any atom is 0.122 e. The molecule has 0 aliphatic carbocycles. The van der Waals surface area contributed by atoms with Gasteiger partial charge in [0, 0.05) is 0 Å². The van der Waals surface area contributed by atoms with E-state index in [0.717, 1.165) is 31.4 Å². The van der Waals surface area contributed by atoms with Crippen molar-refractivity contribution in [1.82, 2.24) is 0 Å². The largest absolute Gasteiger partial charge is 0.496 e. The van der Waals surface area contributed by atoms with Crippen molar-refractivity contribution in [3.8, 4) is 5.75 Å². The van der Waals surface area contributed by atoms with Gasteiger partial charge in [0.1, 0.15) is 5.75 Å². The summed E-state index contributed by atoms with van der Waals surface area (Å²) in [7, 11) is 1.78. The molecule has 0 N–H and O–H groups in total. The Labute approximate surface area is 192 Å². The minimum atomic E-state index is 0.0190. The first-order valence-electron chi connectivity index (χ1n) is 11.4. The van der Waals surface area contributed by atoms with Gasteiger partial charge < -0.3 is 4.74 Å². The van der Waals surface area contributed by atoms with Gasteiger partial charge in [-0.2, -0.15) is 0 Å². The molecule has 162 valence electrons. The maximum absolute atomic E-state index is 5.80. The van der Waals surface area contributed by atoms with Crippen molar-refractivity contribution in [2.75, 3.05) is 7.11 Å². The van der Waals surface area contributed by atoms with Gasteiger partial charge in [0.25, 0.3) is 0 Å². The Bertz CT molecular complexity index is 1000. The van der Waals surface area contributed by atoms with Crippen LogP contribution in [0.15, 0.2) is 109 Å². The van der Waals surface area contributed by atoms with Gasteiger partial charge in [-0.25, -0.2) is 0 Å². The first kappa shape index (κ1) is 21.9. The molecule has 4 rings (SSSR count). The van der Waals surface area contributed by atoms with Gasteiger partial charge in [0.15, 0.2) is 0 Å². The van der Waals surface area contributed by atoms with Crippen LogP contribution < -0.4 is 4.74 Å². The second-order valence-corrected chi connectivity index (χ2v) is 8.98.